The third kappa shape index (κ3) is 3.83. The zero-order valence-corrected chi connectivity index (χ0v) is 14.5. The minimum Gasteiger partial charge on any atom is -0.390 e. The van der Waals surface area contributed by atoms with Crippen molar-refractivity contribution in [1.29, 1.82) is 0 Å². The molecule has 0 unspecified atom stereocenters. The molecule has 0 saturated carbocycles. The lowest BCUT2D eigenvalue weighted by molar-refractivity contribution is 0.152. The highest BCUT2D eigenvalue weighted by Gasteiger charge is 2.09. The Morgan fingerprint density at radius 2 is 2.00 bits per heavy atom. The number of nitrogens with zero attached hydrogens (tertiary/aromatic N) is 4. The highest BCUT2D eigenvalue weighted by molar-refractivity contribution is 5.77. The number of benzene rings is 1. The van der Waals surface area contributed by atoms with Crippen LogP contribution in [0.3, 0.4) is 0 Å². The van der Waals surface area contributed by atoms with Gasteiger partial charge < -0.3 is 15.0 Å². The third-order valence-corrected chi connectivity index (χ3v) is 4.30. The Balaban J connectivity index is 1.51. The Morgan fingerprint density at radius 1 is 1.21 bits per heavy atom. The molecule has 0 spiro atoms. The predicted octanol–water partition coefficient (Wildman–Crippen LogP) is 1.81. The second-order valence-electron chi connectivity index (χ2n) is 6.46. The number of hydrogen-bond acceptors (Lipinski definition) is 4. The molecule has 0 bridgehead atoms. The summed E-state index contributed by atoms with van der Waals surface area (Å²) in [5.41, 5.74) is 5.69. The SMILES string of the molecule is Cc1cnn(CCNC[C@@H](O)Cn2cnc3cc(C)c(C)cc32)c1. The smallest absolute Gasteiger partial charge is 0.0959 e. The number of aryl methyl sites for hydroxylation is 3. The molecule has 128 valence electrons. The maximum atomic E-state index is 10.3. The molecule has 24 heavy (non-hydrogen) atoms. The summed E-state index contributed by atoms with van der Waals surface area (Å²) in [7, 11) is 0. The first kappa shape index (κ1) is 16.7. The quantitative estimate of drug-likeness (QED) is 0.650. The number of imidazole rings is 1. The van der Waals surface area contributed by atoms with Crippen LogP contribution >= 0.6 is 0 Å². The highest BCUT2D eigenvalue weighted by Crippen LogP contribution is 2.18. The molecule has 0 radical (unpaired) electrons. The molecule has 2 heterocycles. The van der Waals surface area contributed by atoms with Gasteiger partial charge in [-0.25, -0.2) is 4.98 Å². The van der Waals surface area contributed by atoms with Gasteiger partial charge in [-0.3, -0.25) is 4.68 Å². The molecular formula is C18H25N5O. The van der Waals surface area contributed by atoms with Gasteiger partial charge in [0.15, 0.2) is 0 Å². The maximum Gasteiger partial charge on any atom is 0.0959 e. The normalized spacial score (nSPS) is 12.8. The van der Waals surface area contributed by atoms with E-state index in [1.165, 1.54) is 11.1 Å². The van der Waals surface area contributed by atoms with Gasteiger partial charge in [0.25, 0.3) is 0 Å². The number of rotatable bonds is 7. The van der Waals surface area contributed by atoms with Crippen LogP contribution in [0.2, 0.25) is 0 Å². The Bertz CT molecular complexity index is 820. The number of nitrogens with one attached hydrogen (secondary N) is 1. The molecule has 0 aliphatic rings. The molecule has 0 amide bonds. The molecule has 1 aromatic carbocycles. The fourth-order valence-corrected chi connectivity index (χ4v) is 2.80. The largest absolute Gasteiger partial charge is 0.390 e. The van der Waals surface area contributed by atoms with Crippen molar-refractivity contribution in [3.05, 3.63) is 47.5 Å². The summed E-state index contributed by atoms with van der Waals surface area (Å²) in [4.78, 5) is 4.43. The van der Waals surface area contributed by atoms with Crippen LogP contribution < -0.4 is 5.32 Å². The van der Waals surface area contributed by atoms with E-state index >= 15 is 0 Å². The van der Waals surface area contributed by atoms with Crippen molar-refractivity contribution < 1.29 is 5.11 Å². The fraction of sp³-hybridized carbons (Fsp3) is 0.444. The summed E-state index contributed by atoms with van der Waals surface area (Å²) in [5, 5.41) is 17.8. The number of aliphatic hydroxyl groups is 1. The summed E-state index contributed by atoms with van der Waals surface area (Å²) < 4.78 is 3.92. The van der Waals surface area contributed by atoms with Crippen molar-refractivity contribution in [3.8, 4) is 0 Å². The van der Waals surface area contributed by atoms with E-state index in [9.17, 15) is 5.11 Å². The minimum absolute atomic E-state index is 0.455. The number of fused-ring (bicyclic) bond motifs is 1. The van der Waals surface area contributed by atoms with Crippen LogP contribution in [0, 0.1) is 20.8 Å². The molecule has 6 heteroatoms. The van der Waals surface area contributed by atoms with Crippen molar-refractivity contribution >= 4 is 11.0 Å². The average molecular weight is 327 g/mol. The predicted molar refractivity (Wildman–Crippen MR) is 95.0 cm³/mol. The molecule has 1 atom stereocenters. The van der Waals surface area contributed by atoms with Gasteiger partial charge >= 0.3 is 0 Å². The molecule has 2 N–H and O–H groups in total. The molecule has 2 aromatic heterocycles. The molecule has 0 fully saturated rings. The van der Waals surface area contributed by atoms with Crippen molar-refractivity contribution in [2.24, 2.45) is 0 Å². The summed E-state index contributed by atoms with van der Waals surface area (Å²) >= 11 is 0. The zero-order chi connectivity index (χ0) is 17.1. The monoisotopic (exact) mass is 327 g/mol. The molecule has 6 nitrogen and oxygen atoms in total. The highest BCUT2D eigenvalue weighted by atomic mass is 16.3. The Hall–Kier alpha value is -2.18. The van der Waals surface area contributed by atoms with Crippen molar-refractivity contribution in [2.75, 3.05) is 13.1 Å². The van der Waals surface area contributed by atoms with Gasteiger partial charge in [-0.1, -0.05) is 0 Å². The number of hydrogen-bond donors (Lipinski definition) is 2. The summed E-state index contributed by atoms with van der Waals surface area (Å²) in [6, 6.07) is 4.23. The van der Waals surface area contributed by atoms with Crippen LogP contribution in [0.4, 0.5) is 0 Å². The Morgan fingerprint density at radius 3 is 2.75 bits per heavy atom. The standard InChI is InChI=1S/C18H25N5O/c1-13-8-21-23(10-13)5-4-19-9-16(24)11-22-12-20-17-6-14(2)15(3)7-18(17)22/h6-8,10,12,16,19,24H,4-5,9,11H2,1-3H3/t16-/m1/s1. The molecule has 0 saturated heterocycles. The van der Waals surface area contributed by atoms with Gasteiger partial charge in [0.1, 0.15) is 0 Å². The van der Waals surface area contributed by atoms with Gasteiger partial charge in [0.05, 0.1) is 42.8 Å². The van der Waals surface area contributed by atoms with E-state index < -0.39 is 6.10 Å². The van der Waals surface area contributed by atoms with E-state index in [-0.39, 0.29) is 0 Å². The van der Waals surface area contributed by atoms with Gasteiger partial charge in [0.2, 0.25) is 0 Å². The average Bonchev–Trinajstić information content (AvgIpc) is 3.12. The van der Waals surface area contributed by atoms with Gasteiger partial charge in [0, 0.05) is 19.3 Å². The molecule has 0 aliphatic carbocycles. The fourth-order valence-electron chi connectivity index (χ4n) is 2.80. The van der Waals surface area contributed by atoms with Crippen LogP contribution in [-0.2, 0) is 13.1 Å². The van der Waals surface area contributed by atoms with Crippen molar-refractivity contribution in [1.82, 2.24) is 24.6 Å². The van der Waals surface area contributed by atoms with Gasteiger partial charge in [-0.2, -0.15) is 5.10 Å². The van der Waals surface area contributed by atoms with Crippen LogP contribution in [0.15, 0.2) is 30.9 Å². The minimum atomic E-state index is -0.455. The summed E-state index contributed by atoms with van der Waals surface area (Å²) in [6.45, 7) is 8.87. The lowest BCUT2D eigenvalue weighted by Gasteiger charge is -2.13. The number of aromatic nitrogens is 4. The first-order valence-corrected chi connectivity index (χ1v) is 8.33. The molecule has 3 rings (SSSR count). The molecular weight excluding hydrogens is 302 g/mol. The van der Waals surface area contributed by atoms with E-state index in [2.05, 4.69) is 41.4 Å². The summed E-state index contributed by atoms with van der Waals surface area (Å²) in [6.07, 6.45) is 5.21. The summed E-state index contributed by atoms with van der Waals surface area (Å²) in [5.74, 6) is 0. The number of aliphatic hydroxyl groups excluding tert-OH is 1. The lowest BCUT2D eigenvalue weighted by Crippen LogP contribution is -2.32. The van der Waals surface area contributed by atoms with E-state index in [0.717, 1.165) is 29.7 Å². The van der Waals surface area contributed by atoms with Gasteiger partial charge in [-0.05, 0) is 49.6 Å². The molecule has 0 aliphatic heterocycles. The molecule has 3 aromatic rings. The van der Waals surface area contributed by atoms with E-state index in [1.807, 2.05) is 28.6 Å². The lowest BCUT2D eigenvalue weighted by atomic mass is 10.1. The Labute approximate surface area is 142 Å². The topological polar surface area (TPSA) is 67.9 Å². The Kier molecular flexibility index (Phi) is 4.97. The van der Waals surface area contributed by atoms with Crippen LogP contribution in [0.1, 0.15) is 16.7 Å². The van der Waals surface area contributed by atoms with Crippen molar-refractivity contribution in [3.63, 3.8) is 0 Å². The third-order valence-electron chi connectivity index (χ3n) is 4.30. The van der Waals surface area contributed by atoms with Crippen LogP contribution in [-0.4, -0.2) is 43.6 Å². The van der Waals surface area contributed by atoms with E-state index in [1.54, 1.807) is 6.33 Å². The first-order valence-electron chi connectivity index (χ1n) is 8.33. The second-order valence-corrected chi connectivity index (χ2v) is 6.46. The maximum absolute atomic E-state index is 10.3. The van der Waals surface area contributed by atoms with E-state index in [0.29, 0.717) is 13.1 Å². The van der Waals surface area contributed by atoms with Crippen LogP contribution in [0.25, 0.3) is 11.0 Å². The first-order chi connectivity index (χ1) is 11.5. The van der Waals surface area contributed by atoms with Crippen LogP contribution in [0.5, 0.6) is 0 Å². The second kappa shape index (κ2) is 7.15. The zero-order valence-electron chi connectivity index (χ0n) is 14.5. The van der Waals surface area contributed by atoms with E-state index in [4.69, 9.17) is 0 Å². The van der Waals surface area contributed by atoms with Gasteiger partial charge in [-0.15, -0.1) is 0 Å². The van der Waals surface area contributed by atoms with Crippen molar-refractivity contribution in [2.45, 2.75) is 40.0 Å².